The second kappa shape index (κ2) is 3.56. The fourth-order valence-electron chi connectivity index (χ4n) is 0.993. The van der Waals surface area contributed by atoms with Gasteiger partial charge in [-0.2, -0.15) is 0 Å². The Morgan fingerprint density at radius 2 is 2.07 bits per heavy atom. The van der Waals surface area contributed by atoms with Gasteiger partial charge in [-0.3, -0.25) is 9.55 Å². The molecule has 14 heavy (non-hydrogen) atoms. The number of imidazole rings is 1. The third-order valence-corrected chi connectivity index (χ3v) is 1.69. The molecule has 0 radical (unpaired) electrons. The Bertz CT molecular complexity index is 400. The summed E-state index contributed by atoms with van der Waals surface area (Å²) in [6, 6.07) is 0. The van der Waals surface area contributed by atoms with E-state index in [0.29, 0.717) is 5.82 Å². The first-order chi connectivity index (χ1) is 6.77. The lowest BCUT2D eigenvalue weighted by Crippen LogP contribution is -2.33. The molecular formula is C7H7BN4O2. The van der Waals surface area contributed by atoms with Gasteiger partial charge in [-0.05, 0) is 0 Å². The normalized spacial score (nSPS) is 10.1. The zero-order chi connectivity index (χ0) is 9.97. The van der Waals surface area contributed by atoms with Crippen molar-refractivity contribution in [1.29, 1.82) is 0 Å². The Kier molecular flexibility index (Phi) is 2.25. The molecule has 0 aromatic carbocycles. The van der Waals surface area contributed by atoms with Gasteiger partial charge in [-0.1, -0.05) is 0 Å². The second-order valence-electron chi connectivity index (χ2n) is 2.64. The Labute approximate surface area is 80.0 Å². The molecule has 7 heteroatoms. The van der Waals surface area contributed by atoms with E-state index in [0.717, 1.165) is 0 Å². The third-order valence-electron chi connectivity index (χ3n) is 1.69. The van der Waals surface area contributed by atoms with Gasteiger partial charge in [0.2, 0.25) is 0 Å². The van der Waals surface area contributed by atoms with Gasteiger partial charge in [0.15, 0.2) is 5.82 Å². The fraction of sp³-hybridized carbons (Fsp3) is 0. The van der Waals surface area contributed by atoms with Crippen molar-refractivity contribution >= 4 is 12.7 Å². The van der Waals surface area contributed by atoms with Gasteiger partial charge >= 0.3 is 7.12 Å². The van der Waals surface area contributed by atoms with Gasteiger partial charge in [0.05, 0.1) is 11.8 Å². The first-order valence-electron chi connectivity index (χ1n) is 3.94. The van der Waals surface area contributed by atoms with E-state index in [1.165, 1.54) is 12.4 Å². The number of rotatable bonds is 2. The summed E-state index contributed by atoms with van der Waals surface area (Å²) >= 11 is 0. The Morgan fingerprint density at radius 1 is 1.21 bits per heavy atom. The maximum atomic E-state index is 8.78. The first-order valence-corrected chi connectivity index (χ1v) is 3.94. The highest BCUT2D eigenvalue weighted by molar-refractivity contribution is 6.57. The zero-order valence-electron chi connectivity index (χ0n) is 7.15. The maximum absolute atomic E-state index is 8.78. The van der Waals surface area contributed by atoms with Crippen LogP contribution < -0.4 is 5.59 Å². The van der Waals surface area contributed by atoms with E-state index in [2.05, 4.69) is 15.0 Å². The summed E-state index contributed by atoms with van der Waals surface area (Å²) in [5.74, 6) is 0.576. The largest absolute Gasteiger partial charge is 0.509 e. The molecule has 2 heterocycles. The van der Waals surface area contributed by atoms with E-state index >= 15 is 0 Å². The summed E-state index contributed by atoms with van der Waals surface area (Å²) in [4.78, 5) is 11.7. The van der Waals surface area contributed by atoms with Gasteiger partial charge in [0, 0.05) is 18.6 Å². The Balaban J connectivity index is 2.31. The van der Waals surface area contributed by atoms with Crippen molar-refractivity contribution in [2.45, 2.75) is 0 Å². The van der Waals surface area contributed by atoms with Crippen molar-refractivity contribution in [3.8, 4) is 5.82 Å². The summed E-state index contributed by atoms with van der Waals surface area (Å²) in [5, 5.41) is 17.6. The highest BCUT2D eigenvalue weighted by Crippen LogP contribution is 1.97. The van der Waals surface area contributed by atoms with Crippen LogP contribution in [0.5, 0.6) is 0 Å². The van der Waals surface area contributed by atoms with Crippen LogP contribution in [0.2, 0.25) is 0 Å². The molecule has 0 unspecified atom stereocenters. The molecule has 0 spiro atoms. The van der Waals surface area contributed by atoms with Crippen molar-refractivity contribution in [3.05, 3.63) is 31.1 Å². The summed E-state index contributed by atoms with van der Waals surface area (Å²) in [6.45, 7) is 0. The van der Waals surface area contributed by atoms with Crippen molar-refractivity contribution in [1.82, 2.24) is 19.5 Å². The molecule has 0 amide bonds. The van der Waals surface area contributed by atoms with Crippen molar-refractivity contribution in [2.24, 2.45) is 0 Å². The topological polar surface area (TPSA) is 84.1 Å². The van der Waals surface area contributed by atoms with E-state index < -0.39 is 7.12 Å². The van der Waals surface area contributed by atoms with Crippen molar-refractivity contribution < 1.29 is 10.0 Å². The van der Waals surface area contributed by atoms with E-state index in [1.807, 2.05) is 0 Å². The van der Waals surface area contributed by atoms with E-state index in [-0.39, 0.29) is 5.59 Å². The van der Waals surface area contributed by atoms with Crippen molar-refractivity contribution in [2.75, 3.05) is 0 Å². The third kappa shape index (κ3) is 1.63. The minimum atomic E-state index is -1.58. The number of aromatic nitrogens is 4. The molecular weight excluding hydrogens is 183 g/mol. The highest BCUT2D eigenvalue weighted by Gasteiger charge is 2.12. The molecule has 0 saturated carbocycles. The lowest BCUT2D eigenvalue weighted by atomic mass is 9.87. The molecule has 2 aromatic heterocycles. The fourth-order valence-corrected chi connectivity index (χ4v) is 0.993. The van der Waals surface area contributed by atoms with Crippen LogP contribution in [0.3, 0.4) is 0 Å². The van der Waals surface area contributed by atoms with Gasteiger partial charge in [0.1, 0.15) is 6.33 Å². The molecule has 0 fully saturated rings. The smallest absolute Gasteiger partial charge is 0.422 e. The minimum Gasteiger partial charge on any atom is -0.422 e. The SMILES string of the molecule is OB(O)c1cnc(-n2ccnc2)cn1. The number of hydrogen-bond acceptors (Lipinski definition) is 5. The molecule has 0 saturated heterocycles. The molecule has 2 rings (SSSR count). The predicted octanol–water partition coefficient (Wildman–Crippen LogP) is -1.66. The zero-order valence-corrected chi connectivity index (χ0v) is 7.15. The molecule has 70 valence electrons. The Hall–Kier alpha value is -1.73. The molecule has 0 bridgehead atoms. The monoisotopic (exact) mass is 190 g/mol. The molecule has 0 aliphatic rings. The van der Waals surface area contributed by atoms with Crippen LogP contribution in [0.25, 0.3) is 5.82 Å². The molecule has 2 N–H and O–H groups in total. The summed E-state index contributed by atoms with van der Waals surface area (Å²) in [5.41, 5.74) is 0.119. The first kappa shape index (κ1) is 8.85. The lowest BCUT2D eigenvalue weighted by molar-refractivity contribution is 0.424. The lowest BCUT2D eigenvalue weighted by Gasteiger charge is -2.01. The average molecular weight is 190 g/mol. The van der Waals surface area contributed by atoms with Crippen LogP contribution in [0, 0.1) is 0 Å². The summed E-state index contributed by atoms with van der Waals surface area (Å²) in [7, 11) is -1.58. The van der Waals surface area contributed by atoms with Crippen LogP contribution in [-0.2, 0) is 0 Å². The van der Waals surface area contributed by atoms with Gasteiger partial charge in [-0.25, -0.2) is 9.97 Å². The van der Waals surface area contributed by atoms with Crippen LogP contribution in [0.1, 0.15) is 0 Å². The molecule has 2 aromatic rings. The van der Waals surface area contributed by atoms with E-state index in [4.69, 9.17) is 10.0 Å². The second-order valence-corrected chi connectivity index (χ2v) is 2.64. The van der Waals surface area contributed by atoms with Gasteiger partial charge in [-0.15, -0.1) is 0 Å². The van der Waals surface area contributed by atoms with E-state index in [9.17, 15) is 0 Å². The predicted molar refractivity (Wildman–Crippen MR) is 49.0 cm³/mol. The van der Waals surface area contributed by atoms with Crippen molar-refractivity contribution in [3.63, 3.8) is 0 Å². The number of hydrogen-bond donors (Lipinski definition) is 2. The standard InChI is InChI=1S/C7H7BN4O2/c13-8(14)6-3-11-7(4-10-6)12-2-1-9-5-12/h1-5,13-14H. The Morgan fingerprint density at radius 3 is 2.57 bits per heavy atom. The van der Waals surface area contributed by atoms with Crippen LogP contribution in [-0.4, -0.2) is 36.7 Å². The highest BCUT2D eigenvalue weighted by atomic mass is 16.4. The molecule has 0 aliphatic heterocycles. The van der Waals surface area contributed by atoms with Crippen LogP contribution >= 0.6 is 0 Å². The average Bonchev–Trinajstić information content (AvgIpc) is 2.71. The summed E-state index contributed by atoms with van der Waals surface area (Å²) < 4.78 is 1.67. The van der Waals surface area contributed by atoms with Gasteiger partial charge < -0.3 is 10.0 Å². The quantitative estimate of drug-likeness (QED) is 0.553. The van der Waals surface area contributed by atoms with Crippen LogP contribution in [0.4, 0.5) is 0 Å². The summed E-state index contributed by atoms with van der Waals surface area (Å²) in [6.07, 6.45) is 7.67. The van der Waals surface area contributed by atoms with E-state index in [1.54, 1.807) is 23.3 Å². The van der Waals surface area contributed by atoms with Gasteiger partial charge in [0.25, 0.3) is 0 Å². The molecule has 0 atom stereocenters. The number of nitrogens with zero attached hydrogens (tertiary/aromatic N) is 4. The molecule has 0 aliphatic carbocycles. The van der Waals surface area contributed by atoms with Crippen LogP contribution in [0.15, 0.2) is 31.1 Å². The molecule has 6 nitrogen and oxygen atoms in total. The minimum absolute atomic E-state index is 0.119. The maximum Gasteiger partial charge on any atom is 0.509 e.